The molecule has 0 bridgehead atoms. The Balaban J connectivity index is 1.37. The van der Waals surface area contributed by atoms with Gasteiger partial charge in [0.15, 0.2) is 0 Å². The summed E-state index contributed by atoms with van der Waals surface area (Å²) in [6.45, 7) is 1.81. The molecule has 162 valence electrons. The highest BCUT2D eigenvalue weighted by atomic mass is 16.2. The van der Waals surface area contributed by atoms with Crippen LogP contribution in [0.2, 0.25) is 0 Å². The molecule has 0 aliphatic carbocycles. The van der Waals surface area contributed by atoms with E-state index in [1.54, 1.807) is 11.0 Å². The highest BCUT2D eigenvalue weighted by molar-refractivity contribution is 5.92. The first-order chi connectivity index (χ1) is 15.7. The van der Waals surface area contributed by atoms with Gasteiger partial charge in [0, 0.05) is 37.8 Å². The first-order valence-electron chi connectivity index (χ1n) is 11.0. The van der Waals surface area contributed by atoms with Crippen LogP contribution in [0.4, 0.5) is 0 Å². The van der Waals surface area contributed by atoms with Gasteiger partial charge < -0.3 is 9.47 Å². The third-order valence-corrected chi connectivity index (χ3v) is 5.71. The first kappa shape index (κ1) is 21.5. The standard InChI is InChI=1S/C27H27N3O2/c31-26(15-14-22-9-3-1-4-10-22)29-19-16-24(17-20-29)27(32)28-25-13-7-8-18-30(25)21-23-11-5-2-6-12-23/h1-15,18,24H,16-17,19-21H2/b15-14+,28-25?. The molecule has 5 nitrogen and oxygen atoms in total. The maximum atomic E-state index is 12.9. The minimum Gasteiger partial charge on any atom is -0.339 e. The molecule has 3 aromatic rings. The van der Waals surface area contributed by atoms with Gasteiger partial charge in [-0.25, -0.2) is 0 Å². The van der Waals surface area contributed by atoms with Crippen molar-refractivity contribution in [3.05, 3.63) is 108 Å². The molecule has 1 aliphatic rings. The second kappa shape index (κ2) is 10.5. The average molecular weight is 426 g/mol. The lowest BCUT2D eigenvalue weighted by atomic mass is 9.96. The third kappa shape index (κ3) is 5.70. The SMILES string of the molecule is O=C(N=c1ccccn1Cc1ccccc1)C1CCN(C(=O)/C=C/c2ccccc2)CC1. The van der Waals surface area contributed by atoms with Gasteiger partial charge in [0.2, 0.25) is 5.91 Å². The number of piperidine rings is 1. The smallest absolute Gasteiger partial charge is 0.250 e. The fourth-order valence-corrected chi connectivity index (χ4v) is 3.87. The summed E-state index contributed by atoms with van der Waals surface area (Å²) in [6.07, 6.45) is 6.66. The number of benzene rings is 2. The molecule has 2 heterocycles. The second-order valence-corrected chi connectivity index (χ2v) is 7.97. The minimum absolute atomic E-state index is 0.0135. The number of carbonyl (C=O) groups is 2. The quantitative estimate of drug-likeness (QED) is 0.582. The van der Waals surface area contributed by atoms with E-state index < -0.39 is 0 Å². The van der Waals surface area contributed by atoms with E-state index >= 15 is 0 Å². The van der Waals surface area contributed by atoms with Crippen LogP contribution in [0.5, 0.6) is 0 Å². The van der Waals surface area contributed by atoms with Gasteiger partial charge in [-0.1, -0.05) is 66.7 Å². The van der Waals surface area contributed by atoms with Gasteiger partial charge in [0.25, 0.3) is 5.91 Å². The monoisotopic (exact) mass is 425 g/mol. The number of amides is 2. The van der Waals surface area contributed by atoms with Crippen LogP contribution in [0.25, 0.3) is 6.08 Å². The Kier molecular flexibility index (Phi) is 7.08. The Hall–Kier alpha value is -3.73. The zero-order valence-electron chi connectivity index (χ0n) is 18.0. The highest BCUT2D eigenvalue weighted by Crippen LogP contribution is 2.19. The van der Waals surface area contributed by atoms with Crippen LogP contribution in [0.1, 0.15) is 24.0 Å². The predicted molar refractivity (Wildman–Crippen MR) is 125 cm³/mol. The number of hydrogen-bond donors (Lipinski definition) is 0. The maximum Gasteiger partial charge on any atom is 0.250 e. The van der Waals surface area contributed by atoms with E-state index in [9.17, 15) is 9.59 Å². The summed E-state index contributed by atoms with van der Waals surface area (Å²) in [5.41, 5.74) is 2.81. The summed E-state index contributed by atoms with van der Waals surface area (Å²) in [5.74, 6) is -0.270. The van der Waals surface area contributed by atoms with Crippen molar-refractivity contribution in [3.8, 4) is 0 Å². The summed E-state index contributed by atoms with van der Waals surface area (Å²) in [5, 5.41) is 0. The number of aromatic nitrogens is 1. The largest absolute Gasteiger partial charge is 0.339 e. The summed E-state index contributed by atoms with van der Waals surface area (Å²) < 4.78 is 1.99. The van der Waals surface area contributed by atoms with E-state index in [0.29, 0.717) is 38.0 Å². The van der Waals surface area contributed by atoms with Crippen LogP contribution < -0.4 is 5.49 Å². The van der Waals surface area contributed by atoms with Crippen LogP contribution >= 0.6 is 0 Å². The molecule has 2 aromatic carbocycles. The van der Waals surface area contributed by atoms with Gasteiger partial charge in [0.1, 0.15) is 5.49 Å². The molecule has 1 fully saturated rings. The van der Waals surface area contributed by atoms with Crippen molar-refractivity contribution in [2.75, 3.05) is 13.1 Å². The number of hydrogen-bond acceptors (Lipinski definition) is 2. The van der Waals surface area contributed by atoms with Gasteiger partial charge in [-0.2, -0.15) is 4.99 Å². The van der Waals surface area contributed by atoms with E-state index in [1.165, 1.54) is 0 Å². The predicted octanol–water partition coefficient (Wildman–Crippen LogP) is 3.92. The number of pyridine rings is 1. The lowest BCUT2D eigenvalue weighted by Crippen LogP contribution is -2.39. The van der Waals surface area contributed by atoms with Crippen LogP contribution in [-0.4, -0.2) is 34.4 Å². The Morgan fingerprint density at radius 2 is 1.53 bits per heavy atom. The molecule has 2 amide bonds. The molecular formula is C27H27N3O2. The van der Waals surface area contributed by atoms with Crippen molar-refractivity contribution >= 4 is 17.9 Å². The van der Waals surface area contributed by atoms with Gasteiger partial charge >= 0.3 is 0 Å². The lowest BCUT2D eigenvalue weighted by molar-refractivity contribution is -0.130. The molecule has 0 N–H and O–H groups in total. The fourth-order valence-electron chi connectivity index (χ4n) is 3.87. The normalized spacial score (nSPS) is 15.2. The number of rotatable bonds is 5. The Morgan fingerprint density at radius 3 is 2.25 bits per heavy atom. The molecule has 0 unspecified atom stereocenters. The molecule has 4 rings (SSSR count). The zero-order chi connectivity index (χ0) is 22.2. The fraction of sp³-hybridized carbons (Fsp3) is 0.222. The van der Waals surface area contributed by atoms with E-state index in [4.69, 9.17) is 0 Å². The molecule has 0 spiro atoms. The van der Waals surface area contributed by atoms with Crippen molar-refractivity contribution in [3.63, 3.8) is 0 Å². The van der Waals surface area contributed by atoms with Gasteiger partial charge in [-0.15, -0.1) is 0 Å². The summed E-state index contributed by atoms with van der Waals surface area (Å²) in [4.78, 5) is 31.6. The molecule has 1 aliphatic heterocycles. The summed E-state index contributed by atoms with van der Waals surface area (Å²) >= 11 is 0. The molecule has 0 saturated carbocycles. The van der Waals surface area contributed by atoms with Crippen molar-refractivity contribution in [2.45, 2.75) is 19.4 Å². The molecule has 5 heteroatoms. The molecule has 1 aromatic heterocycles. The zero-order valence-corrected chi connectivity index (χ0v) is 18.0. The number of likely N-dealkylation sites (tertiary alicyclic amines) is 1. The highest BCUT2D eigenvalue weighted by Gasteiger charge is 2.26. The van der Waals surface area contributed by atoms with Gasteiger partial charge in [0.05, 0.1) is 0 Å². The van der Waals surface area contributed by atoms with Crippen molar-refractivity contribution in [2.24, 2.45) is 10.9 Å². The molecule has 0 radical (unpaired) electrons. The average Bonchev–Trinajstić information content (AvgIpc) is 2.85. The van der Waals surface area contributed by atoms with Crippen LogP contribution in [0, 0.1) is 5.92 Å². The van der Waals surface area contributed by atoms with E-state index in [2.05, 4.69) is 17.1 Å². The molecule has 0 atom stereocenters. The molecule has 32 heavy (non-hydrogen) atoms. The first-order valence-corrected chi connectivity index (χ1v) is 11.0. The Morgan fingerprint density at radius 1 is 0.875 bits per heavy atom. The summed E-state index contributed by atoms with van der Waals surface area (Å²) in [6, 6.07) is 25.6. The summed E-state index contributed by atoms with van der Waals surface area (Å²) in [7, 11) is 0. The molecule has 1 saturated heterocycles. The molecular weight excluding hydrogens is 398 g/mol. The van der Waals surface area contributed by atoms with Gasteiger partial charge in [-0.05, 0) is 42.2 Å². The maximum absolute atomic E-state index is 12.9. The van der Waals surface area contributed by atoms with Crippen molar-refractivity contribution in [1.29, 1.82) is 0 Å². The van der Waals surface area contributed by atoms with E-state index in [-0.39, 0.29) is 17.7 Å². The second-order valence-electron chi connectivity index (χ2n) is 7.97. The van der Waals surface area contributed by atoms with Crippen molar-refractivity contribution < 1.29 is 9.59 Å². The topological polar surface area (TPSA) is 54.7 Å². The van der Waals surface area contributed by atoms with E-state index in [1.807, 2.05) is 83.6 Å². The number of carbonyl (C=O) groups excluding carboxylic acids is 2. The van der Waals surface area contributed by atoms with Crippen LogP contribution in [-0.2, 0) is 16.1 Å². The Labute approximate surface area is 188 Å². The van der Waals surface area contributed by atoms with Gasteiger partial charge in [-0.3, -0.25) is 9.59 Å². The Bertz CT molecular complexity index is 1140. The van der Waals surface area contributed by atoms with E-state index in [0.717, 1.165) is 11.1 Å². The lowest BCUT2D eigenvalue weighted by Gasteiger charge is -2.29. The minimum atomic E-state index is -0.150. The number of nitrogens with zero attached hydrogens (tertiary/aromatic N) is 3. The van der Waals surface area contributed by atoms with Crippen LogP contribution in [0.15, 0.2) is 96.1 Å². The van der Waals surface area contributed by atoms with Crippen molar-refractivity contribution in [1.82, 2.24) is 9.47 Å². The third-order valence-electron chi connectivity index (χ3n) is 5.71. The van der Waals surface area contributed by atoms with Crippen LogP contribution in [0.3, 0.4) is 0 Å².